The zero-order valence-corrected chi connectivity index (χ0v) is 16.5. The second-order valence-corrected chi connectivity index (χ2v) is 6.79. The quantitative estimate of drug-likeness (QED) is 0.445. The molecule has 0 aromatic heterocycles. The van der Waals surface area contributed by atoms with Crippen LogP contribution in [-0.4, -0.2) is 36.5 Å². The number of rotatable bonds is 7. The van der Waals surface area contributed by atoms with Crippen LogP contribution in [0.4, 0.5) is 5.69 Å². The van der Waals surface area contributed by atoms with Crippen LogP contribution in [0.1, 0.15) is 11.1 Å². The third kappa shape index (κ3) is 4.82. The van der Waals surface area contributed by atoms with Crippen LogP contribution in [0.5, 0.6) is 11.5 Å². The maximum Gasteiger partial charge on any atom is 0.272 e. The van der Waals surface area contributed by atoms with E-state index in [1.54, 1.807) is 32.0 Å². The van der Waals surface area contributed by atoms with Gasteiger partial charge in [-0.2, -0.15) is 0 Å². The van der Waals surface area contributed by atoms with Crippen LogP contribution in [0.25, 0.3) is 10.8 Å². The highest BCUT2D eigenvalue weighted by atomic mass is 16.6. The van der Waals surface area contributed by atoms with Gasteiger partial charge in [-0.25, -0.2) is 0 Å². The lowest BCUT2D eigenvalue weighted by Gasteiger charge is -2.18. The van der Waals surface area contributed by atoms with Gasteiger partial charge in [0.2, 0.25) is 0 Å². The highest BCUT2D eigenvalue weighted by Gasteiger charge is 2.14. The van der Waals surface area contributed by atoms with Gasteiger partial charge in [0.1, 0.15) is 11.5 Å². The van der Waals surface area contributed by atoms with Gasteiger partial charge < -0.3 is 14.4 Å². The number of methoxy groups -OCH3 is 1. The normalized spacial score (nSPS) is 10.6. The summed E-state index contributed by atoms with van der Waals surface area (Å²) < 4.78 is 10.7. The molecule has 0 fully saturated rings. The maximum atomic E-state index is 12.4. The molecule has 3 aromatic rings. The fraction of sp³-hybridized carbons (Fsp3) is 0.227. The molecule has 0 unspecified atom stereocenters. The summed E-state index contributed by atoms with van der Waals surface area (Å²) in [4.78, 5) is 24.4. The van der Waals surface area contributed by atoms with Crippen LogP contribution in [-0.2, 0) is 11.3 Å². The van der Waals surface area contributed by atoms with E-state index in [1.807, 2.05) is 36.4 Å². The Morgan fingerprint density at radius 3 is 2.41 bits per heavy atom. The van der Waals surface area contributed by atoms with Crippen molar-refractivity contribution in [3.63, 3.8) is 0 Å². The zero-order chi connectivity index (χ0) is 21.0. The number of carbonyl (C=O) groups excluding carboxylic acids is 1. The van der Waals surface area contributed by atoms with Gasteiger partial charge >= 0.3 is 0 Å². The molecule has 0 aliphatic carbocycles. The molecule has 3 rings (SSSR count). The lowest BCUT2D eigenvalue weighted by molar-refractivity contribution is -0.385. The molecule has 0 N–H and O–H groups in total. The van der Waals surface area contributed by atoms with Gasteiger partial charge in [0.05, 0.1) is 12.0 Å². The number of nitro benzene ring substituents is 1. The summed E-state index contributed by atoms with van der Waals surface area (Å²) in [6.45, 7) is 1.94. The molecule has 0 atom stereocenters. The van der Waals surface area contributed by atoms with Crippen LogP contribution in [0.3, 0.4) is 0 Å². The first-order valence-electron chi connectivity index (χ1n) is 9.06. The average molecular weight is 394 g/mol. The summed E-state index contributed by atoms with van der Waals surface area (Å²) in [5.74, 6) is 1.04. The van der Waals surface area contributed by atoms with Gasteiger partial charge in [-0.1, -0.05) is 18.2 Å². The van der Waals surface area contributed by atoms with Crippen LogP contribution in [0.2, 0.25) is 0 Å². The molecule has 0 saturated heterocycles. The standard InChI is InChI=1S/C22H22N2O5/c1-15-10-20(8-9-21(15)24(26)27)29-14-22(25)23(2)13-16-4-5-18-12-19(28-3)7-6-17(18)11-16/h4-12H,13-14H2,1-3H3. The van der Waals surface area contributed by atoms with Crippen LogP contribution >= 0.6 is 0 Å². The molecule has 0 aliphatic heterocycles. The molecule has 0 saturated carbocycles. The van der Waals surface area contributed by atoms with Gasteiger partial charge in [-0.05, 0) is 53.6 Å². The van der Waals surface area contributed by atoms with E-state index in [0.29, 0.717) is 17.9 Å². The largest absolute Gasteiger partial charge is 0.497 e. The highest BCUT2D eigenvalue weighted by Crippen LogP contribution is 2.24. The monoisotopic (exact) mass is 394 g/mol. The molecule has 0 heterocycles. The lowest BCUT2D eigenvalue weighted by Crippen LogP contribution is -2.30. The summed E-state index contributed by atoms with van der Waals surface area (Å²) >= 11 is 0. The van der Waals surface area contributed by atoms with Crippen molar-refractivity contribution in [3.8, 4) is 11.5 Å². The van der Waals surface area contributed by atoms with Gasteiger partial charge in [0, 0.05) is 25.2 Å². The summed E-state index contributed by atoms with van der Waals surface area (Å²) in [5.41, 5.74) is 1.51. The molecule has 150 valence electrons. The number of fused-ring (bicyclic) bond motifs is 1. The summed E-state index contributed by atoms with van der Waals surface area (Å²) in [5, 5.41) is 13.0. The summed E-state index contributed by atoms with van der Waals surface area (Å²) in [7, 11) is 3.35. The Labute approximate surface area is 168 Å². The molecule has 7 nitrogen and oxygen atoms in total. The van der Waals surface area contributed by atoms with E-state index in [2.05, 4.69) is 0 Å². The zero-order valence-electron chi connectivity index (χ0n) is 16.5. The maximum absolute atomic E-state index is 12.4. The van der Waals surface area contributed by atoms with Crippen molar-refractivity contribution < 1.29 is 19.2 Å². The SMILES string of the molecule is COc1ccc2cc(CN(C)C(=O)COc3ccc([N+](=O)[O-])c(C)c3)ccc2c1. The second-order valence-electron chi connectivity index (χ2n) is 6.79. The van der Waals surface area contributed by atoms with Crippen LogP contribution in [0.15, 0.2) is 54.6 Å². The highest BCUT2D eigenvalue weighted by molar-refractivity contribution is 5.84. The van der Waals surface area contributed by atoms with Crippen molar-refractivity contribution in [2.75, 3.05) is 20.8 Å². The molecule has 0 aliphatic rings. The van der Waals surface area contributed by atoms with E-state index >= 15 is 0 Å². The minimum absolute atomic E-state index is 0.0229. The van der Waals surface area contributed by atoms with Crippen molar-refractivity contribution in [1.82, 2.24) is 4.90 Å². The molecular formula is C22H22N2O5. The minimum Gasteiger partial charge on any atom is -0.497 e. The number of aryl methyl sites for hydroxylation is 1. The number of ether oxygens (including phenoxy) is 2. The van der Waals surface area contributed by atoms with Crippen molar-refractivity contribution in [2.24, 2.45) is 0 Å². The van der Waals surface area contributed by atoms with Gasteiger partial charge in [0.15, 0.2) is 6.61 Å². The van der Waals surface area contributed by atoms with E-state index in [0.717, 1.165) is 22.1 Å². The smallest absolute Gasteiger partial charge is 0.272 e. The number of amides is 1. The number of hydrogen-bond acceptors (Lipinski definition) is 5. The Kier molecular flexibility index (Phi) is 5.97. The molecule has 29 heavy (non-hydrogen) atoms. The molecule has 1 amide bonds. The van der Waals surface area contributed by atoms with E-state index in [1.165, 1.54) is 12.1 Å². The third-order valence-electron chi connectivity index (χ3n) is 4.68. The molecule has 7 heteroatoms. The number of benzene rings is 3. The van der Waals surface area contributed by atoms with Crippen molar-refractivity contribution in [1.29, 1.82) is 0 Å². The Morgan fingerprint density at radius 2 is 1.72 bits per heavy atom. The Morgan fingerprint density at radius 1 is 1.03 bits per heavy atom. The first-order valence-corrected chi connectivity index (χ1v) is 9.06. The van der Waals surface area contributed by atoms with Crippen LogP contribution < -0.4 is 9.47 Å². The molecule has 0 radical (unpaired) electrons. The summed E-state index contributed by atoms with van der Waals surface area (Å²) in [6.07, 6.45) is 0. The number of hydrogen-bond donors (Lipinski definition) is 0. The predicted molar refractivity (Wildman–Crippen MR) is 110 cm³/mol. The first-order chi connectivity index (χ1) is 13.9. The molecule has 3 aromatic carbocycles. The molecular weight excluding hydrogens is 372 g/mol. The Bertz CT molecular complexity index is 1060. The van der Waals surface area contributed by atoms with Gasteiger partial charge in [-0.3, -0.25) is 14.9 Å². The van der Waals surface area contributed by atoms with E-state index in [4.69, 9.17) is 9.47 Å². The Hall–Kier alpha value is -3.61. The van der Waals surface area contributed by atoms with E-state index < -0.39 is 4.92 Å². The minimum atomic E-state index is -0.447. The average Bonchev–Trinajstić information content (AvgIpc) is 2.71. The van der Waals surface area contributed by atoms with Crippen molar-refractivity contribution >= 4 is 22.4 Å². The number of carbonyl (C=O) groups is 1. The number of likely N-dealkylation sites (N-methyl/N-ethyl adjacent to an activating group) is 1. The van der Waals surface area contributed by atoms with Gasteiger partial charge in [-0.15, -0.1) is 0 Å². The Balaban J connectivity index is 1.61. The fourth-order valence-electron chi connectivity index (χ4n) is 3.04. The number of nitro groups is 1. The van der Waals surface area contributed by atoms with Gasteiger partial charge in [0.25, 0.3) is 11.6 Å². The fourth-order valence-corrected chi connectivity index (χ4v) is 3.04. The third-order valence-corrected chi connectivity index (χ3v) is 4.68. The van der Waals surface area contributed by atoms with Crippen LogP contribution in [0, 0.1) is 17.0 Å². The number of nitrogens with zero attached hydrogens (tertiary/aromatic N) is 2. The molecule has 0 bridgehead atoms. The first kappa shape index (κ1) is 20.1. The van der Waals surface area contributed by atoms with E-state index in [-0.39, 0.29) is 18.2 Å². The van der Waals surface area contributed by atoms with Crippen molar-refractivity contribution in [2.45, 2.75) is 13.5 Å². The topological polar surface area (TPSA) is 81.9 Å². The van der Waals surface area contributed by atoms with E-state index in [9.17, 15) is 14.9 Å². The van der Waals surface area contributed by atoms with Crippen molar-refractivity contribution in [3.05, 3.63) is 75.8 Å². The lowest BCUT2D eigenvalue weighted by atomic mass is 10.1. The second kappa shape index (κ2) is 8.60. The predicted octanol–water partition coefficient (Wildman–Crippen LogP) is 4.10. The molecule has 0 spiro atoms. The summed E-state index contributed by atoms with van der Waals surface area (Å²) in [6, 6.07) is 16.3.